The molecule has 0 aliphatic carbocycles. The predicted octanol–water partition coefficient (Wildman–Crippen LogP) is 4.84. The Hall–Kier alpha value is -1.67. The van der Waals surface area contributed by atoms with E-state index in [0.717, 1.165) is 28.6 Å². The van der Waals surface area contributed by atoms with E-state index in [-0.39, 0.29) is 6.10 Å². The van der Waals surface area contributed by atoms with Gasteiger partial charge in [0.15, 0.2) is 0 Å². The molecule has 0 aliphatic heterocycles. The van der Waals surface area contributed by atoms with Crippen molar-refractivity contribution in [1.29, 1.82) is 0 Å². The highest BCUT2D eigenvalue weighted by molar-refractivity contribution is 6.31. The molecule has 1 unspecified atom stereocenters. The molecular formula is C17H20ClNO. The molecule has 1 N–H and O–H groups in total. The van der Waals surface area contributed by atoms with Crippen molar-refractivity contribution in [3.8, 4) is 5.75 Å². The van der Waals surface area contributed by atoms with Crippen LogP contribution in [0.15, 0.2) is 42.5 Å². The van der Waals surface area contributed by atoms with E-state index in [1.807, 2.05) is 44.2 Å². The summed E-state index contributed by atoms with van der Waals surface area (Å²) in [5.41, 5.74) is 3.35. The van der Waals surface area contributed by atoms with E-state index in [1.54, 1.807) is 0 Å². The van der Waals surface area contributed by atoms with E-state index in [9.17, 15) is 0 Å². The lowest BCUT2D eigenvalue weighted by Crippen LogP contribution is -2.23. The minimum atomic E-state index is 0.0797. The summed E-state index contributed by atoms with van der Waals surface area (Å²) < 4.78 is 5.87. The number of aryl methyl sites for hydroxylation is 1. The largest absolute Gasteiger partial charge is 0.489 e. The smallest absolute Gasteiger partial charge is 0.119 e. The lowest BCUT2D eigenvalue weighted by atomic mass is 10.2. The number of ether oxygens (including phenoxy) is 1. The SMILES string of the molecule is Cc1ccc(OC(C)CNc2cccc(Cl)c2C)cc1. The van der Waals surface area contributed by atoms with E-state index in [1.165, 1.54) is 5.56 Å². The number of nitrogens with one attached hydrogen (secondary N) is 1. The highest BCUT2D eigenvalue weighted by atomic mass is 35.5. The van der Waals surface area contributed by atoms with Crippen LogP contribution < -0.4 is 10.1 Å². The van der Waals surface area contributed by atoms with Gasteiger partial charge in [0.2, 0.25) is 0 Å². The summed E-state index contributed by atoms with van der Waals surface area (Å²) in [7, 11) is 0. The summed E-state index contributed by atoms with van der Waals surface area (Å²) in [6, 6.07) is 14.0. The molecule has 2 nitrogen and oxygen atoms in total. The third kappa shape index (κ3) is 3.91. The highest BCUT2D eigenvalue weighted by Crippen LogP contribution is 2.23. The van der Waals surface area contributed by atoms with Crippen molar-refractivity contribution in [2.75, 3.05) is 11.9 Å². The van der Waals surface area contributed by atoms with Crippen LogP contribution in [0.5, 0.6) is 5.75 Å². The highest BCUT2D eigenvalue weighted by Gasteiger charge is 2.06. The fourth-order valence-electron chi connectivity index (χ4n) is 1.94. The molecule has 3 heteroatoms. The third-order valence-electron chi connectivity index (χ3n) is 3.21. The molecule has 2 aromatic rings. The lowest BCUT2D eigenvalue weighted by molar-refractivity contribution is 0.234. The minimum absolute atomic E-state index is 0.0797. The number of halogens is 1. The summed E-state index contributed by atoms with van der Waals surface area (Å²) in [5.74, 6) is 0.896. The Balaban J connectivity index is 1.90. The number of anilines is 1. The Bertz CT molecular complexity index is 566. The Kier molecular flexibility index (Phi) is 4.91. The summed E-state index contributed by atoms with van der Waals surface area (Å²) in [6.45, 7) is 6.86. The maximum absolute atomic E-state index is 6.10. The Morgan fingerprint density at radius 3 is 2.50 bits per heavy atom. The molecule has 2 rings (SSSR count). The van der Waals surface area contributed by atoms with Gasteiger partial charge in [-0.2, -0.15) is 0 Å². The van der Waals surface area contributed by atoms with Gasteiger partial charge >= 0.3 is 0 Å². The topological polar surface area (TPSA) is 21.3 Å². The Morgan fingerprint density at radius 2 is 1.80 bits per heavy atom. The second-order valence-electron chi connectivity index (χ2n) is 5.03. The van der Waals surface area contributed by atoms with Gasteiger partial charge in [-0.15, -0.1) is 0 Å². The van der Waals surface area contributed by atoms with Crippen LogP contribution in [0, 0.1) is 13.8 Å². The molecule has 0 amide bonds. The van der Waals surface area contributed by atoms with E-state index in [2.05, 4.69) is 24.4 Å². The molecule has 0 aromatic heterocycles. The van der Waals surface area contributed by atoms with Gasteiger partial charge in [-0.3, -0.25) is 0 Å². The molecule has 0 saturated carbocycles. The molecule has 0 saturated heterocycles. The van der Waals surface area contributed by atoms with Crippen molar-refractivity contribution in [1.82, 2.24) is 0 Å². The zero-order valence-electron chi connectivity index (χ0n) is 12.1. The maximum Gasteiger partial charge on any atom is 0.119 e. The Morgan fingerprint density at radius 1 is 1.10 bits per heavy atom. The van der Waals surface area contributed by atoms with Crippen molar-refractivity contribution in [2.24, 2.45) is 0 Å². The van der Waals surface area contributed by atoms with Crippen molar-refractivity contribution in [3.05, 3.63) is 58.6 Å². The number of rotatable bonds is 5. The molecule has 0 aliphatic rings. The molecule has 0 radical (unpaired) electrons. The molecule has 0 fully saturated rings. The van der Waals surface area contributed by atoms with Gasteiger partial charge in [-0.1, -0.05) is 35.4 Å². The van der Waals surface area contributed by atoms with Gasteiger partial charge in [0.05, 0.1) is 6.54 Å². The Labute approximate surface area is 125 Å². The second-order valence-corrected chi connectivity index (χ2v) is 5.44. The lowest BCUT2D eigenvalue weighted by Gasteiger charge is -2.17. The second kappa shape index (κ2) is 6.67. The van der Waals surface area contributed by atoms with E-state index in [0.29, 0.717) is 0 Å². The zero-order chi connectivity index (χ0) is 14.5. The van der Waals surface area contributed by atoms with Crippen LogP contribution in [-0.4, -0.2) is 12.6 Å². The first-order valence-electron chi connectivity index (χ1n) is 6.78. The third-order valence-corrected chi connectivity index (χ3v) is 3.62. The zero-order valence-corrected chi connectivity index (χ0v) is 12.9. The van der Waals surface area contributed by atoms with Crippen molar-refractivity contribution >= 4 is 17.3 Å². The van der Waals surface area contributed by atoms with Crippen molar-refractivity contribution in [2.45, 2.75) is 26.9 Å². The van der Waals surface area contributed by atoms with Gasteiger partial charge < -0.3 is 10.1 Å². The van der Waals surface area contributed by atoms with Gasteiger partial charge in [0.25, 0.3) is 0 Å². The van der Waals surface area contributed by atoms with Crippen LogP contribution in [0.25, 0.3) is 0 Å². The van der Waals surface area contributed by atoms with Gasteiger partial charge in [-0.05, 0) is 50.6 Å². The quantitative estimate of drug-likeness (QED) is 0.851. The molecule has 106 valence electrons. The van der Waals surface area contributed by atoms with Crippen LogP contribution in [0.1, 0.15) is 18.1 Å². The van der Waals surface area contributed by atoms with Crippen LogP contribution in [0.4, 0.5) is 5.69 Å². The van der Waals surface area contributed by atoms with Crippen LogP contribution in [0.2, 0.25) is 5.02 Å². The monoisotopic (exact) mass is 289 g/mol. The van der Waals surface area contributed by atoms with Gasteiger partial charge in [0, 0.05) is 10.7 Å². The first-order chi connectivity index (χ1) is 9.56. The average Bonchev–Trinajstić information content (AvgIpc) is 2.43. The summed E-state index contributed by atoms with van der Waals surface area (Å²) in [6.07, 6.45) is 0.0797. The predicted molar refractivity (Wildman–Crippen MR) is 85.9 cm³/mol. The normalized spacial score (nSPS) is 12.0. The maximum atomic E-state index is 6.10. The van der Waals surface area contributed by atoms with Crippen LogP contribution in [0.3, 0.4) is 0 Å². The molecule has 2 aromatic carbocycles. The summed E-state index contributed by atoms with van der Waals surface area (Å²) >= 11 is 6.10. The van der Waals surface area contributed by atoms with Crippen molar-refractivity contribution in [3.63, 3.8) is 0 Å². The molecule has 20 heavy (non-hydrogen) atoms. The van der Waals surface area contributed by atoms with E-state index >= 15 is 0 Å². The van der Waals surface area contributed by atoms with Gasteiger partial charge in [-0.25, -0.2) is 0 Å². The number of hydrogen-bond acceptors (Lipinski definition) is 2. The van der Waals surface area contributed by atoms with Gasteiger partial charge in [0.1, 0.15) is 11.9 Å². The summed E-state index contributed by atoms with van der Waals surface area (Å²) in [5, 5.41) is 4.16. The first-order valence-corrected chi connectivity index (χ1v) is 7.16. The average molecular weight is 290 g/mol. The van der Waals surface area contributed by atoms with Crippen LogP contribution >= 0.6 is 11.6 Å². The fourth-order valence-corrected chi connectivity index (χ4v) is 2.12. The van der Waals surface area contributed by atoms with E-state index < -0.39 is 0 Å². The van der Waals surface area contributed by atoms with Crippen LogP contribution in [-0.2, 0) is 0 Å². The summed E-state index contributed by atoms with van der Waals surface area (Å²) in [4.78, 5) is 0. The molecule has 0 spiro atoms. The van der Waals surface area contributed by atoms with E-state index in [4.69, 9.17) is 16.3 Å². The molecule has 0 heterocycles. The minimum Gasteiger partial charge on any atom is -0.489 e. The number of benzene rings is 2. The first kappa shape index (κ1) is 14.7. The fraction of sp³-hybridized carbons (Fsp3) is 0.294. The molecule has 0 bridgehead atoms. The van der Waals surface area contributed by atoms with Crippen molar-refractivity contribution < 1.29 is 4.74 Å². The molecule has 1 atom stereocenters. The molecular weight excluding hydrogens is 270 g/mol. The number of hydrogen-bond donors (Lipinski definition) is 1. The standard InChI is InChI=1S/C17H20ClNO/c1-12-7-9-15(10-8-12)20-13(2)11-19-17-6-4-5-16(18)14(17)3/h4-10,13,19H,11H2,1-3H3.